The van der Waals surface area contributed by atoms with Crippen molar-refractivity contribution in [2.45, 2.75) is 20.0 Å². The van der Waals surface area contributed by atoms with Crippen LogP contribution in [0, 0.1) is 0 Å². The first-order chi connectivity index (χ1) is 7.73. The van der Waals surface area contributed by atoms with Crippen LogP contribution >= 0.6 is 0 Å². The van der Waals surface area contributed by atoms with Gasteiger partial charge >= 0.3 is 11.9 Å². The van der Waals surface area contributed by atoms with E-state index in [0.29, 0.717) is 6.54 Å². The largest absolute Gasteiger partial charge is 0.478 e. The molecule has 0 saturated heterocycles. The van der Waals surface area contributed by atoms with Crippen molar-refractivity contribution in [3.63, 3.8) is 0 Å². The van der Waals surface area contributed by atoms with Crippen LogP contribution < -0.4 is 0 Å². The predicted molar refractivity (Wildman–Crippen MR) is 64.6 cm³/mol. The SMILES string of the molecule is C=C(C)C(=O)OC(C=C(C)C(=O)O)CN(C)C. The normalized spacial score (nSPS) is 13.4. The fourth-order valence-corrected chi connectivity index (χ4v) is 1.07. The maximum Gasteiger partial charge on any atom is 0.333 e. The summed E-state index contributed by atoms with van der Waals surface area (Å²) in [5.41, 5.74) is 0.432. The first-order valence-electron chi connectivity index (χ1n) is 5.17. The van der Waals surface area contributed by atoms with Crippen molar-refractivity contribution in [1.82, 2.24) is 4.90 Å². The molecule has 1 unspecified atom stereocenters. The summed E-state index contributed by atoms with van der Waals surface area (Å²) in [5, 5.41) is 8.77. The van der Waals surface area contributed by atoms with Gasteiger partial charge in [-0.25, -0.2) is 9.59 Å². The summed E-state index contributed by atoms with van der Waals surface area (Å²) < 4.78 is 5.12. The van der Waals surface area contributed by atoms with Gasteiger partial charge in [0.15, 0.2) is 0 Å². The van der Waals surface area contributed by atoms with Crippen LogP contribution in [-0.2, 0) is 14.3 Å². The average molecular weight is 241 g/mol. The Bertz CT molecular complexity index is 344. The van der Waals surface area contributed by atoms with E-state index in [9.17, 15) is 9.59 Å². The minimum Gasteiger partial charge on any atom is -0.478 e. The minimum atomic E-state index is -1.03. The van der Waals surface area contributed by atoms with Crippen molar-refractivity contribution in [2.24, 2.45) is 0 Å². The molecule has 0 aliphatic carbocycles. The molecule has 0 spiro atoms. The van der Waals surface area contributed by atoms with E-state index in [0.717, 1.165) is 0 Å². The average Bonchev–Trinajstić information content (AvgIpc) is 2.15. The zero-order chi connectivity index (χ0) is 13.6. The topological polar surface area (TPSA) is 66.8 Å². The number of carbonyl (C=O) groups excluding carboxylic acids is 1. The van der Waals surface area contributed by atoms with Crippen molar-refractivity contribution < 1.29 is 19.4 Å². The molecule has 0 aliphatic rings. The van der Waals surface area contributed by atoms with Gasteiger partial charge in [-0.05, 0) is 34.0 Å². The van der Waals surface area contributed by atoms with Crippen molar-refractivity contribution in [3.05, 3.63) is 23.8 Å². The van der Waals surface area contributed by atoms with E-state index in [2.05, 4.69) is 6.58 Å². The fraction of sp³-hybridized carbons (Fsp3) is 0.500. The van der Waals surface area contributed by atoms with Gasteiger partial charge in [0.05, 0.1) is 0 Å². The Labute approximate surface area is 101 Å². The summed E-state index contributed by atoms with van der Waals surface area (Å²) in [6.45, 7) is 6.90. The van der Waals surface area contributed by atoms with Crippen LogP contribution in [0.5, 0.6) is 0 Å². The Morgan fingerprint density at radius 3 is 2.29 bits per heavy atom. The van der Waals surface area contributed by atoms with E-state index in [-0.39, 0.29) is 11.1 Å². The number of hydrogen-bond acceptors (Lipinski definition) is 4. The highest BCUT2D eigenvalue weighted by Gasteiger charge is 2.15. The summed E-state index contributed by atoms with van der Waals surface area (Å²) in [7, 11) is 3.62. The summed E-state index contributed by atoms with van der Waals surface area (Å²) in [5.74, 6) is -1.55. The molecule has 0 bridgehead atoms. The molecule has 0 saturated carbocycles. The second-order valence-corrected chi connectivity index (χ2v) is 4.14. The Kier molecular flexibility index (Phi) is 6.20. The molecule has 0 heterocycles. The van der Waals surface area contributed by atoms with E-state index in [1.165, 1.54) is 13.0 Å². The molecule has 0 aromatic rings. The lowest BCUT2D eigenvalue weighted by molar-refractivity contribution is -0.143. The van der Waals surface area contributed by atoms with Gasteiger partial charge < -0.3 is 14.7 Å². The second kappa shape index (κ2) is 6.85. The fourth-order valence-electron chi connectivity index (χ4n) is 1.07. The number of hydrogen-bond donors (Lipinski definition) is 1. The van der Waals surface area contributed by atoms with Gasteiger partial charge in [-0.3, -0.25) is 0 Å². The van der Waals surface area contributed by atoms with Crippen LogP contribution in [0.1, 0.15) is 13.8 Å². The molecular weight excluding hydrogens is 222 g/mol. The van der Waals surface area contributed by atoms with Crippen LogP contribution in [0.3, 0.4) is 0 Å². The zero-order valence-corrected chi connectivity index (χ0v) is 10.7. The lowest BCUT2D eigenvalue weighted by atomic mass is 10.2. The molecule has 0 radical (unpaired) electrons. The molecule has 0 aromatic carbocycles. The predicted octanol–water partition coefficient (Wildman–Crippen LogP) is 1.07. The van der Waals surface area contributed by atoms with E-state index in [1.54, 1.807) is 6.92 Å². The Balaban J connectivity index is 4.77. The Morgan fingerprint density at radius 1 is 1.41 bits per heavy atom. The van der Waals surface area contributed by atoms with Crippen LogP contribution in [-0.4, -0.2) is 48.7 Å². The quantitative estimate of drug-likeness (QED) is 0.556. The van der Waals surface area contributed by atoms with Crippen LogP contribution in [0.4, 0.5) is 0 Å². The molecule has 5 heteroatoms. The third-order valence-electron chi connectivity index (χ3n) is 1.93. The maximum absolute atomic E-state index is 11.4. The molecule has 1 N–H and O–H groups in total. The standard InChI is InChI=1S/C12H19NO4/c1-8(2)12(16)17-10(7-13(4)5)6-9(3)11(14)15/h6,10H,1,7H2,2-5H3,(H,14,15). The molecule has 17 heavy (non-hydrogen) atoms. The number of aliphatic carboxylic acids is 1. The molecule has 0 aromatic heterocycles. The third kappa shape index (κ3) is 6.52. The van der Waals surface area contributed by atoms with Crippen molar-refractivity contribution >= 4 is 11.9 Å². The number of rotatable bonds is 6. The highest BCUT2D eigenvalue weighted by Crippen LogP contribution is 2.05. The van der Waals surface area contributed by atoms with E-state index in [4.69, 9.17) is 9.84 Å². The van der Waals surface area contributed by atoms with Crippen LogP contribution in [0.2, 0.25) is 0 Å². The van der Waals surface area contributed by atoms with Gasteiger partial charge in [-0.15, -0.1) is 0 Å². The maximum atomic E-state index is 11.4. The Hall–Kier alpha value is -1.62. The lowest BCUT2D eigenvalue weighted by Gasteiger charge is -2.19. The summed E-state index contributed by atoms with van der Waals surface area (Å²) >= 11 is 0. The summed E-state index contributed by atoms with van der Waals surface area (Å²) in [6, 6.07) is 0. The lowest BCUT2D eigenvalue weighted by Crippen LogP contribution is -2.29. The van der Waals surface area contributed by atoms with Crippen molar-refractivity contribution in [1.29, 1.82) is 0 Å². The third-order valence-corrected chi connectivity index (χ3v) is 1.93. The summed E-state index contributed by atoms with van der Waals surface area (Å²) in [4.78, 5) is 23.9. The summed E-state index contributed by atoms with van der Waals surface area (Å²) in [6.07, 6.45) is 0.827. The van der Waals surface area contributed by atoms with Gasteiger partial charge in [0.1, 0.15) is 6.10 Å². The van der Waals surface area contributed by atoms with Crippen molar-refractivity contribution in [3.8, 4) is 0 Å². The number of esters is 1. The molecule has 1 atom stereocenters. The van der Waals surface area contributed by atoms with Gasteiger partial charge in [-0.1, -0.05) is 6.58 Å². The first-order valence-corrected chi connectivity index (χ1v) is 5.17. The van der Waals surface area contributed by atoms with E-state index < -0.39 is 18.0 Å². The van der Waals surface area contributed by atoms with Crippen LogP contribution in [0.15, 0.2) is 23.8 Å². The molecule has 5 nitrogen and oxygen atoms in total. The first kappa shape index (κ1) is 15.4. The van der Waals surface area contributed by atoms with Gasteiger partial charge in [0, 0.05) is 17.7 Å². The monoisotopic (exact) mass is 241 g/mol. The van der Waals surface area contributed by atoms with E-state index in [1.807, 2.05) is 19.0 Å². The highest BCUT2D eigenvalue weighted by molar-refractivity contribution is 5.88. The van der Waals surface area contributed by atoms with E-state index >= 15 is 0 Å². The smallest absolute Gasteiger partial charge is 0.333 e. The second-order valence-electron chi connectivity index (χ2n) is 4.14. The Morgan fingerprint density at radius 2 is 1.94 bits per heavy atom. The number of nitrogens with zero attached hydrogens (tertiary/aromatic N) is 1. The van der Waals surface area contributed by atoms with Gasteiger partial charge in [0.2, 0.25) is 0 Å². The molecular formula is C12H19NO4. The zero-order valence-electron chi connectivity index (χ0n) is 10.7. The van der Waals surface area contributed by atoms with Crippen molar-refractivity contribution in [2.75, 3.05) is 20.6 Å². The highest BCUT2D eigenvalue weighted by atomic mass is 16.5. The molecule has 0 amide bonds. The number of ether oxygens (including phenoxy) is 1. The molecule has 0 aliphatic heterocycles. The number of carbonyl (C=O) groups is 2. The minimum absolute atomic E-state index is 0.145. The molecule has 0 rings (SSSR count). The number of likely N-dealkylation sites (N-methyl/N-ethyl adjacent to an activating group) is 1. The van der Waals surface area contributed by atoms with Gasteiger partial charge in [0.25, 0.3) is 0 Å². The number of carboxylic acid groups (broad SMARTS) is 1. The number of carboxylic acids is 1. The van der Waals surface area contributed by atoms with Crippen LogP contribution in [0.25, 0.3) is 0 Å². The molecule has 96 valence electrons. The molecule has 0 fully saturated rings. The van der Waals surface area contributed by atoms with Gasteiger partial charge in [-0.2, -0.15) is 0 Å².